The topological polar surface area (TPSA) is 353 Å². The van der Waals surface area contributed by atoms with Gasteiger partial charge in [-0.2, -0.15) is 0 Å². The first kappa shape index (κ1) is 48.6. The number of aromatic amines is 5. The minimum atomic E-state index is 0. The highest BCUT2D eigenvalue weighted by Crippen LogP contribution is 1.66. The Labute approximate surface area is 231 Å². The summed E-state index contributed by atoms with van der Waals surface area (Å²) in [5.74, 6) is 0. The van der Waals surface area contributed by atoms with E-state index >= 15 is 0 Å². The van der Waals surface area contributed by atoms with Crippen molar-refractivity contribution in [2.24, 2.45) is 0 Å². The minimum absolute atomic E-state index is 0. The molecule has 0 aliphatic heterocycles. The highest BCUT2D eigenvalue weighted by Gasteiger charge is 1.72. The molecule has 16 heteroatoms. The molecule has 0 aliphatic rings. The van der Waals surface area contributed by atoms with Crippen LogP contribution >= 0.6 is 0 Å². The lowest BCUT2D eigenvalue weighted by Gasteiger charge is -1.73. The summed E-state index contributed by atoms with van der Waals surface area (Å²) in [4.78, 5) is 64.9. The van der Waals surface area contributed by atoms with Gasteiger partial charge in [0.25, 0.3) is 0 Å². The van der Waals surface area contributed by atoms with Crippen LogP contribution in [-0.2, 0) is 0 Å². The SMILES string of the molecule is O.O.O.O.O.O.O=c1cc[nH]cc1.O=c1cc[nH]cc1.O=c1cc[nH]cc1.O=c1cc[nH]cc1.O=c1cc[nH]cc1. The molecule has 5 aromatic rings. The third-order valence-electron chi connectivity index (χ3n) is 3.44. The third-order valence-corrected chi connectivity index (χ3v) is 3.44. The summed E-state index contributed by atoms with van der Waals surface area (Å²) in [5, 5.41) is 0. The van der Waals surface area contributed by atoms with Gasteiger partial charge >= 0.3 is 0 Å². The number of rotatable bonds is 0. The van der Waals surface area contributed by atoms with Crippen molar-refractivity contribution in [3.05, 3.63) is 174 Å². The Bertz CT molecular complexity index is 1150. The number of nitrogens with one attached hydrogen (secondary N) is 5. The van der Waals surface area contributed by atoms with Crippen LogP contribution in [-0.4, -0.2) is 57.8 Å². The molecule has 5 rings (SSSR count). The summed E-state index contributed by atoms with van der Waals surface area (Å²) in [6, 6.07) is 14.7. The van der Waals surface area contributed by atoms with Crippen LogP contribution in [0.3, 0.4) is 0 Å². The molecule has 5 aromatic heterocycles. The Kier molecular flexibility index (Phi) is 38.5. The van der Waals surface area contributed by atoms with Gasteiger partial charge in [-0.1, -0.05) is 0 Å². The monoisotopic (exact) mass is 583 g/mol. The maximum atomic E-state index is 10.2. The lowest BCUT2D eigenvalue weighted by molar-refractivity contribution is 0.823. The fourth-order valence-electron chi connectivity index (χ4n) is 1.86. The predicted molar refractivity (Wildman–Crippen MR) is 157 cm³/mol. The van der Waals surface area contributed by atoms with E-state index in [-0.39, 0.29) is 60.0 Å². The van der Waals surface area contributed by atoms with Crippen molar-refractivity contribution in [1.29, 1.82) is 0 Å². The van der Waals surface area contributed by atoms with Gasteiger partial charge in [0.05, 0.1) is 0 Å². The van der Waals surface area contributed by atoms with Crippen LogP contribution < -0.4 is 27.1 Å². The predicted octanol–water partition coefficient (Wildman–Crippen LogP) is -3.07. The molecule has 0 saturated carbocycles. The highest BCUT2D eigenvalue weighted by atomic mass is 16.1. The minimum Gasteiger partial charge on any atom is -0.412 e. The van der Waals surface area contributed by atoms with Crippen molar-refractivity contribution in [3.63, 3.8) is 0 Å². The van der Waals surface area contributed by atoms with E-state index in [9.17, 15) is 24.0 Å². The van der Waals surface area contributed by atoms with Gasteiger partial charge in [0.15, 0.2) is 27.1 Å². The first-order valence-electron chi connectivity index (χ1n) is 10.1. The van der Waals surface area contributed by atoms with Gasteiger partial charge in [-0.15, -0.1) is 0 Å². The summed E-state index contributed by atoms with van der Waals surface area (Å²) in [6.07, 6.45) is 16.0. The number of pyridine rings is 5. The fraction of sp³-hybridized carbons (Fsp3) is 0. The van der Waals surface area contributed by atoms with Gasteiger partial charge in [0.2, 0.25) is 0 Å². The lowest BCUT2D eigenvalue weighted by Crippen LogP contribution is -1.92. The van der Waals surface area contributed by atoms with E-state index in [4.69, 9.17) is 0 Å². The molecule has 0 aromatic carbocycles. The second-order valence-corrected chi connectivity index (χ2v) is 6.18. The smallest absolute Gasteiger partial charge is 0.181 e. The van der Waals surface area contributed by atoms with Crippen molar-refractivity contribution < 1.29 is 32.9 Å². The Hall–Kier alpha value is -5.49. The summed E-state index contributed by atoms with van der Waals surface area (Å²) in [6.45, 7) is 0. The van der Waals surface area contributed by atoms with Crippen LogP contribution in [0.25, 0.3) is 0 Å². The molecule has 0 spiro atoms. The van der Waals surface area contributed by atoms with Crippen LogP contribution in [0, 0.1) is 0 Å². The van der Waals surface area contributed by atoms with Gasteiger partial charge in [0.1, 0.15) is 0 Å². The van der Waals surface area contributed by atoms with Crippen molar-refractivity contribution in [2.75, 3.05) is 0 Å². The highest BCUT2D eigenvalue weighted by molar-refractivity contribution is 4.92. The van der Waals surface area contributed by atoms with E-state index < -0.39 is 0 Å². The molecule has 41 heavy (non-hydrogen) atoms. The first-order valence-corrected chi connectivity index (χ1v) is 10.1. The van der Waals surface area contributed by atoms with E-state index in [2.05, 4.69) is 24.9 Å². The maximum absolute atomic E-state index is 10.2. The Morgan fingerprint density at radius 2 is 0.341 bits per heavy atom. The molecule has 0 amide bonds. The van der Waals surface area contributed by atoms with Crippen LogP contribution in [0.5, 0.6) is 0 Å². The standard InChI is InChI=1S/5C5H5NO.6H2O/c5*7-5-1-3-6-4-2-5;;;;;;/h5*1-4H,(H,6,7);6*1H2. The van der Waals surface area contributed by atoms with Gasteiger partial charge in [-0.25, -0.2) is 0 Å². The first-order chi connectivity index (χ1) is 17.0. The zero-order chi connectivity index (χ0) is 25.6. The Balaban J connectivity index is -0.0000000901. The molecule has 0 radical (unpaired) electrons. The quantitative estimate of drug-likeness (QED) is 0.126. The summed E-state index contributed by atoms with van der Waals surface area (Å²) in [7, 11) is 0. The normalized spacial score (nSPS) is 7.32. The van der Waals surface area contributed by atoms with Crippen molar-refractivity contribution in [1.82, 2.24) is 24.9 Å². The molecule has 0 bridgehead atoms. The van der Waals surface area contributed by atoms with Crippen molar-refractivity contribution >= 4 is 0 Å². The number of hydrogen-bond acceptors (Lipinski definition) is 5. The molecule has 0 saturated heterocycles. The molecule has 0 fully saturated rings. The van der Waals surface area contributed by atoms with Crippen LogP contribution in [0.1, 0.15) is 0 Å². The molecule has 0 unspecified atom stereocenters. The molecule has 228 valence electrons. The van der Waals surface area contributed by atoms with Crippen molar-refractivity contribution in [2.45, 2.75) is 0 Å². The number of H-pyrrole nitrogens is 5. The van der Waals surface area contributed by atoms with Crippen molar-refractivity contribution in [3.8, 4) is 0 Å². The fourth-order valence-corrected chi connectivity index (χ4v) is 1.86. The molecule has 5 heterocycles. The second kappa shape index (κ2) is 32.5. The molecule has 0 atom stereocenters. The zero-order valence-corrected chi connectivity index (χ0v) is 21.6. The average molecular weight is 584 g/mol. The third kappa shape index (κ3) is 30.6. The van der Waals surface area contributed by atoms with E-state index in [1.807, 2.05) is 0 Å². The number of aromatic nitrogens is 5. The largest absolute Gasteiger partial charge is 0.412 e. The van der Waals surface area contributed by atoms with Gasteiger partial charge in [-0.3, -0.25) is 24.0 Å². The maximum Gasteiger partial charge on any atom is 0.181 e. The lowest BCUT2D eigenvalue weighted by atomic mass is 10.5. The van der Waals surface area contributed by atoms with Gasteiger partial charge in [0, 0.05) is 123 Å². The van der Waals surface area contributed by atoms with Crippen LogP contribution in [0.15, 0.2) is 147 Å². The van der Waals surface area contributed by atoms with Crippen LogP contribution in [0.2, 0.25) is 0 Å². The van der Waals surface area contributed by atoms with E-state index in [0.29, 0.717) is 0 Å². The molecule has 16 nitrogen and oxygen atoms in total. The second-order valence-electron chi connectivity index (χ2n) is 6.18. The zero-order valence-electron chi connectivity index (χ0n) is 21.6. The van der Waals surface area contributed by atoms with E-state index in [1.54, 1.807) is 62.0 Å². The van der Waals surface area contributed by atoms with E-state index in [1.165, 1.54) is 60.7 Å². The average Bonchev–Trinajstić information content (AvgIpc) is 2.88. The van der Waals surface area contributed by atoms with Crippen LogP contribution in [0.4, 0.5) is 0 Å². The molecular formula is C25H37N5O11. The van der Waals surface area contributed by atoms with Gasteiger partial charge in [-0.05, 0) is 0 Å². The summed E-state index contributed by atoms with van der Waals surface area (Å²) >= 11 is 0. The number of hydrogen-bond donors (Lipinski definition) is 5. The van der Waals surface area contributed by atoms with E-state index in [0.717, 1.165) is 0 Å². The Morgan fingerprint density at radius 1 is 0.244 bits per heavy atom. The summed E-state index contributed by atoms with van der Waals surface area (Å²) in [5.41, 5.74) is 0.203. The summed E-state index contributed by atoms with van der Waals surface area (Å²) < 4.78 is 0. The molecule has 17 N–H and O–H groups in total. The molecule has 0 aliphatic carbocycles. The van der Waals surface area contributed by atoms with Gasteiger partial charge < -0.3 is 57.8 Å². The Morgan fingerprint density at radius 3 is 0.390 bits per heavy atom. The molecular weight excluding hydrogens is 546 g/mol.